The summed E-state index contributed by atoms with van der Waals surface area (Å²) in [5, 5.41) is 4.90. The molecule has 0 saturated heterocycles. The summed E-state index contributed by atoms with van der Waals surface area (Å²) in [6.07, 6.45) is 0. The molecule has 0 radical (unpaired) electrons. The summed E-state index contributed by atoms with van der Waals surface area (Å²) in [7, 11) is 0. The lowest BCUT2D eigenvalue weighted by Gasteiger charge is -1.75. The summed E-state index contributed by atoms with van der Waals surface area (Å²) >= 11 is 4.53. The number of nitrogens with zero attached hydrogens (tertiary/aromatic N) is 1. The minimum Gasteiger partial charge on any atom is -0.283 e. The monoisotopic (exact) mass is 133 g/mol. The number of rotatable bonds is 1. The van der Waals surface area contributed by atoms with E-state index in [1.165, 1.54) is 0 Å². The molecule has 8 heavy (non-hydrogen) atoms. The first-order valence-corrected chi connectivity index (χ1v) is 2.43. The quantitative estimate of drug-likeness (QED) is 0.560. The highest BCUT2D eigenvalue weighted by Crippen LogP contribution is 1.87. The van der Waals surface area contributed by atoms with Crippen LogP contribution in [0.5, 0.6) is 0 Å². The van der Waals surface area contributed by atoms with Crippen molar-refractivity contribution >= 4 is 12.2 Å². The topological polar surface area (TPSA) is 44.5 Å². The Balaban J connectivity index is 3.01. The first-order valence-electron chi connectivity index (χ1n) is 2.02. The molecule has 0 saturated carbocycles. The molecule has 1 aromatic heterocycles. The number of nitrogens with one attached hydrogen (secondary N) is 2. The minimum absolute atomic E-state index is 0.245. The Hall–Kier alpha value is -0.710. The zero-order chi connectivity index (χ0) is 5.98. The van der Waals surface area contributed by atoms with Crippen LogP contribution in [0, 0.1) is 4.77 Å². The maximum Gasteiger partial charge on any atom is 0.213 e. The minimum atomic E-state index is -0.604. The van der Waals surface area contributed by atoms with Gasteiger partial charge in [-0.2, -0.15) is 0 Å². The van der Waals surface area contributed by atoms with Crippen molar-refractivity contribution < 1.29 is 4.39 Å². The fourth-order valence-corrected chi connectivity index (χ4v) is 0.529. The van der Waals surface area contributed by atoms with Crippen molar-refractivity contribution in [3.05, 3.63) is 10.6 Å². The first kappa shape index (κ1) is 5.43. The normalized spacial score (nSPS) is 9.62. The summed E-state index contributed by atoms with van der Waals surface area (Å²) in [4.78, 5) is 3.56. The molecule has 44 valence electrons. The molecule has 0 aliphatic carbocycles. The molecule has 5 heteroatoms. The van der Waals surface area contributed by atoms with Crippen molar-refractivity contribution in [1.29, 1.82) is 0 Å². The predicted octanol–water partition coefficient (Wildman–Crippen LogP) is 0.937. The Morgan fingerprint density at radius 1 is 1.62 bits per heavy atom. The Morgan fingerprint density at radius 2 is 2.38 bits per heavy atom. The molecular weight excluding hydrogens is 129 g/mol. The molecule has 0 aliphatic rings. The van der Waals surface area contributed by atoms with E-state index in [1.54, 1.807) is 0 Å². The second-order valence-electron chi connectivity index (χ2n) is 1.25. The number of H-pyrrole nitrogens is 2. The molecule has 1 rings (SSSR count). The third kappa shape index (κ3) is 0.919. The van der Waals surface area contributed by atoms with Gasteiger partial charge < -0.3 is 0 Å². The van der Waals surface area contributed by atoms with Crippen LogP contribution in [0.1, 0.15) is 5.82 Å². The van der Waals surface area contributed by atoms with Crippen molar-refractivity contribution in [1.82, 2.24) is 15.2 Å². The molecule has 0 bridgehead atoms. The zero-order valence-electron chi connectivity index (χ0n) is 3.94. The number of halogens is 1. The number of hydrogen-bond donors (Lipinski definition) is 2. The smallest absolute Gasteiger partial charge is 0.213 e. The lowest BCUT2D eigenvalue weighted by molar-refractivity contribution is 0.466. The van der Waals surface area contributed by atoms with Crippen molar-refractivity contribution in [3.8, 4) is 0 Å². The highest BCUT2D eigenvalue weighted by Gasteiger charge is 1.90. The van der Waals surface area contributed by atoms with E-state index in [9.17, 15) is 4.39 Å². The van der Waals surface area contributed by atoms with E-state index in [1.807, 2.05) is 0 Å². The van der Waals surface area contributed by atoms with Gasteiger partial charge in [-0.25, -0.2) is 9.37 Å². The van der Waals surface area contributed by atoms with Gasteiger partial charge >= 0.3 is 0 Å². The van der Waals surface area contributed by atoms with E-state index in [-0.39, 0.29) is 10.6 Å². The summed E-state index contributed by atoms with van der Waals surface area (Å²) < 4.78 is 11.9. The van der Waals surface area contributed by atoms with Crippen LogP contribution in [0.15, 0.2) is 0 Å². The third-order valence-corrected chi connectivity index (χ3v) is 0.870. The van der Waals surface area contributed by atoms with Crippen LogP contribution >= 0.6 is 12.2 Å². The van der Waals surface area contributed by atoms with Gasteiger partial charge in [0.15, 0.2) is 5.82 Å². The molecule has 0 amide bonds. The van der Waals surface area contributed by atoms with Crippen LogP contribution < -0.4 is 0 Å². The Morgan fingerprint density at radius 3 is 2.62 bits per heavy atom. The molecule has 0 aromatic carbocycles. The van der Waals surface area contributed by atoms with Gasteiger partial charge in [0.1, 0.15) is 6.67 Å². The van der Waals surface area contributed by atoms with Crippen molar-refractivity contribution in [3.63, 3.8) is 0 Å². The fraction of sp³-hybridized carbons (Fsp3) is 0.333. The summed E-state index contributed by atoms with van der Waals surface area (Å²) in [6.45, 7) is -0.604. The van der Waals surface area contributed by atoms with Crippen molar-refractivity contribution in [2.45, 2.75) is 6.67 Å². The highest BCUT2D eigenvalue weighted by atomic mass is 32.1. The number of hydrogen-bond acceptors (Lipinski definition) is 2. The van der Waals surface area contributed by atoms with Crippen LogP contribution in [0.4, 0.5) is 4.39 Å². The van der Waals surface area contributed by atoms with E-state index >= 15 is 0 Å². The van der Waals surface area contributed by atoms with E-state index in [2.05, 4.69) is 27.4 Å². The third-order valence-electron chi connectivity index (χ3n) is 0.677. The van der Waals surface area contributed by atoms with Crippen LogP contribution in [-0.4, -0.2) is 15.2 Å². The van der Waals surface area contributed by atoms with Gasteiger partial charge in [-0.3, -0.25) is 10.2 Å². The molecule has 1 aromatic rings. The van der Waals surface area contributed by atoms with Gasteiger partial charge in [0.05, 0.1) is 0 Å². The van der Waals surface area contributed by atoms with E-state index in [0.717, 1.165) is 0 Å². The number of aromatic amines is 2. The standard InChI is InChI=1S/C3H4FN3S/c4-1-2-5-3(8)7-6-2/h1H2,(H2,5,6,7,8). The van der Waals surface area contributed by atoms with Gasteiger partial charge in [-0.05, 0) is 12.2 Å². The molecule has 1 heterocycles. The SMILES string of the molecule is FCc1nc(=S)[nH][nH]1. The van der Waals surface area contributed by atoms with Gasteiger partial charge in [-0.15, -0.1) is 0 Å². The molecule has 0 unspecified atom stereocenters. The second kappa shape index (κ2) is 2.04. The molecule has 2 N–H and O–H groups in total. The summed E-state index contributed by atoms with van der Waals surface area (Å²) in [6, 6.07) is 0. The van der Waals surface area contributed by atoms with Crippen LogP contribution in [0.25, 0.3) is 0 Å². The number of alkyl halides is 1. The van der Waals surface area contributed by atoms with Crippen molar-refractivity contribution in [2.75, 3.05) is 0 Å². The summed E-state index contributed by atoms with van der Waals surface area (Å²) in [5.74, 6) is 0.245. The lowest BCUT2D eigenvalue weighted by atomic mass is 10.7. The van der Waals surface area contributed by atoms with Gasteiger partial charge in [0, 0.05) is 0 Å². The molecule has 3 nitrogen and oxygen atoms in total. The molecule has 0 atom stereocenters. The highest BCUT2D eigenvalue weighted by molar-refractivity contribution is 7.71. The number of aromatic nitrogens is 3. The molecule has 0 aliphatic heterocycles. The molecule has 0 fully saturated rings. The molecule has 0 spiro atoms. The largest absolute Gasteiger partial charge is 0.283 e. The van der Waals surface area contributed by atoms with E-state index < -0.39 is 6.67 Å². The predicted molar refractivity (Wildman–Crippen MR) is 28.6 cm³/mol. The van der Waals surface area contributed by atoms with E-state index in [4.69, 9.17) is 0 Å². The zero-order valence-corrected chi connectivity index (χ0v) is 4.76. The van der Waals surface area contributed by atoms with Gasteiger partial charge in [0.2, 0.25) is 4.77 Å². The van der Waals surface area contributed by atoms with E-state index in [0.29, 0.717) is 0 Å². The van der Waals surface area contributed by atoms with Crippen LogP contribution in [0.2, 0.25) is 0 Å². The Labute approximate surface area is 49.9 Å². The van der Waals surface area contributed by atoms with Gasteiger partial charge in [-0.1, -0.05) is 0 Å². The average molecular weight is 133 g/mol. The first-order chi connectivity index (χ1) is 3.83. The Bertz CT molecular complexity index is 214. The fourth-order valence-electron chi connectivity index (χ4n) is 0.367. The van der Waals surface area contributed by atoms with Crippen LogP contribution in [0.3, 0.4) is 0 Å². The van der Waals surface area contributed by atoms with Gasteiger partial charge in [0.25, 0.3) is 0 Å². The second-order valence-corrected chi connectivity index (χ2v) is 1.63. The Kier molecular flexibility index (Phi) is 1.38. The molecular formula is C3H4FN3S. The maximum atomic E-state index is 11.6. The maximum absolute atomic E-state index is 11.6. The van der Waals surface area contributed by atoms with Crippen molar-refractivity contribution in [2.24, 2.45) is 0 Å². The van der Waals surface area contributed by atoms with Crippen LogP contribution in [-0.2, 0) is 6.67 Å². The lowest BCUT2D eigenvalue weighted by Crippen LogP contribution is -1.78. The summed E-state index contributed by atoms with van der Waals surface area (Å²) in [5.41, 5.74) is 0. The average Bonchev–Trinajstić information content (AvgIpc) is 2.14.